The Bertz CT molecular complexity index is 572. The molecule has 1 aromatic rings. The summed E-state index contributed by atoms with van der Waals surface area (Å²) >= 11 is 0. The summed E-state index contributed by atoms with van der Waals surface area (Å²) in [6.07, 6.45) is 5.05. The number of carbonyl (C=O) groups is 1. The van der Waals surface area contributed by atoms with Crippen molar-refractivity contribution < 1.29 is 9.53 Å². The fraction of sp³-hybridized carbons (Fsp3) is 0.632. The van der Waals surface area contributed by atoms with Gasteiger partial charge in [0.15, 0.2) is 0 Å². The number of para-hydroxylation sites is 1. The van der Waals surface area contributed by atoms with Crippen molar-refractivity contribution in [2.45, 2.75) is 44.2 Å². The highest BCUT2D eigenvalue weighted by Gasteiger charge is 2.39. The zero-order chi connectivity index (χ0) is 17.0. The molecule has 1 aliphatic carbocycles. The molecular weight excluding hydrogens is 373 g/mol. The van der Waals surface area contributed by atoms with Crippen molar-refractivity contribution in [2.24, 2.45) is 5.73 Å². The molecule has 148 valence electrons. The summed E-state index contributed by atoms with van der Waals surface area (Å²) in [6, 6.07) is 8.13. The monoisotopic (exact) mass is 403 g/mol. The van der Waals surface area contributed by atoms with E-state index in [-0.39, 0.29) is 30.7 Å². The van der Waals surface area contributed by atoms with Crippen LogP contribution in [0.5, 0.6) is 5.75 Å². The fourth-order valence-corrected chi connectivity index (χ4v) is 3.90. The van der Waals surface area contributed by atoms with Gasteiger partial charge in [0, 0.05) is 38.3 Å². The van der Waals surface area contributed by atoms with Gasteiger partial charge in [0.1, 0.15) is 5.75 Å². The SMILES string of the molecule is COc1ccccc1CN1CCN(C(=O)C2(N)CCCCC2)CC1.Cl.Cl. The molecule has 5 nitrogen and oxygen atoms in total. The molecule has 0 radical (unpaired) electrons. The fourth-order valence-electron chi connectivity index (χ4n) is 3.90. The van der Waals surface area contributed by atoms with E-state index in [1.54, 1.807) is 7.11 Å². The summed E-state index contributed by atoms with van der Waals surface area (Å²) in [5, 5.41) is 0. The van der Waals surface area contributed by atoms with Crippen molar-refractivity contribution in [1.29, 1.82) is 0 Å². The predicted octanol–water partition coefficient (Wildman–Crippen LogP) is 2.84. The molecule has 1 saturated heterocycles. The lowest BCUT2D eigenvalue weighted by atomic mass is 9.81. The van der Waals surface area contributed by atoms with E-state index in [4.69, 9.17) is 10.5 Å². The number of hydrogen-bond donors (Lipinski definition) is 1. The van der Waals surface area contributed by atoms with E-state index in [0.29, 0.717) is 0 Å². The van der Waals surface area contributed by atoms with Crippen molar-refractivity contribution in [3.8, 4) is 5.75 Å². The van der Waals surface area contributed by atoms with E-state index >= 15 is 0 Å². The van der Waals surface area contributed by atoms with E-state index in [1.165, 1.54) is 12.0 Å². The maximum atomic E-state index is 12.8. The Morgan fingerprint density at radius 2 is 1.69 bits per heavy atom. The van der Waals surface area contributed by atoms with Gasteiger partial charge in [0.2, 0.25) is 5.91 Å². The molecule has 2 fully saturated rings. The van der Waals surface area contributed by atoms with E-state index in [0.717, 1.165) is 64.2 Å². The number of nitrogens with zero attached hydrogens (tertiary/aromatic N) is 2. The largest absolute Gasteiger partial charge is 0.496 e. The molecule has 1 aromatic carbocycles. The van der Waals surface area contributed by atoms with Crippen molar-refractivity contribution in [2.75, 3.05) is 33.3 Å². The first-order valence-electron chi connectivity index (χ1n) is 9.05. The second-order valence-electron chi connectivity index (χ2n) is 7.10. The van der Waals surface area contributed by atoms with E-state index in [1.807, 2.05) is 23.1 Å². The molecule has 1 amide bonds. The van der Waals surface area contributed by atoms with Gasteiger partial charge in [-0.1, -0.05) is 37.5 Å². The Kier molecular flexibility index (Phi) is 9.17. The summed E-state index contributed by atoms with van der Waals surface area (Å²) in [5.41, 5.74) is 7.00. The third-order valence-electron chi connectivity index (χ3n) is 5.42. The number of nitrogens with two attached hydrogens (primary N) is 1. The first-order chi connectivity index (χ1) is 11.6. The van der Waals surface area contributed by atoms with Gasteiger partial charge in [-0.3, -0.25) is 9.69 Å². The third kappa shape index (κ3) is 5.26. The number of methoxy groups -OCH3 is 1. The molecule has 26 heavy (non-hydrogen) atoms. The second-order valence-corrected chi connectivity index (χ2v) is 7.10. The van der Waals surface area contributed by atoms with Crippen LogP contribution in [0, 0.1) is 0 Å². The van der Waals surface area contributed by atoms with Crippen LogP contribution in [0.2, 0.25) is 0 Å². The number of amides is 1. The summed E-state index contributed by atoms with van der Waals surface area (Å²) in [7, 11) is 1.71. The molecular formula is C19H31Cl2N3O2. The molecule has 1 saturated carbocycles. The minimum Gasteiger partial charge on any atom is -0.496 e. The standard InChI is InChI=1S/C19H29N3O2.2ClH/c1-24-17-8-4-3-7-16(17)15-21-11-13-22(14-12-21)18(23)19(20)9-5-2-6-10-19;;/h3-4,7-8H,2,5-6,9-15,20H2,1H3;2*1H. The number of piperazine rings is 1. The Morgan fingerprint density at radius 3 is 2.31 bits per heavy atom. The van der Waals surface area contributed by atoms with E-state index < -0.39 is 5.54 Å². The smallest absolute Gasteiger partial charge is 0.242 e. The molecule has 7 heteroatoms. The van der Waals surface area contributed by atoms with Crippen LogP contribution in [0.25, 0.3) is 0 Å². The molecule has 2 N–H and O–H groups in total. The maximum Gasteiger partial charge on any atom is 0.242 e. The normalized spacial score (nSPS) is 19.8. The molecule has 0 bridgehead atoms. The van der Waals surface area contributed by atoms with Gasteiger partial charge < -0.3 is 15.4 Å². The Labute approximate surface area is 169 Å². The summed E-state index contributed by atoms with van der Waals surface area (Å²) in [5.74, 6) is 1.10. The average molecular weight is 404 g/mol. The number of hydrogen-bond acceptors (Lipinski definition) is 4. The zero-order valence-electron chi connectivity index (χ0n) is 15.5. The lowest BCUT2D eigenvalue weighted by molar-refractivity contribution is -0.140. The molecule has 0 atom stereocenters. The van der Waals surface area contributed by atoms with Crippen LogP contribution in [0.15, 0.2) is 24.3 Å². The van der Waals surface area contributed by atoms with Crippen LogP contribution < -0.4 is 10.5 Å². The lowest BCUT2D eigenvalue weighted by Gasteiger charge is -2.41. The lowest BCUT2D eigenvalue weighted by Crippen LogP contribution is -2.60. The topological polar surface area (TPSA) is 58.8 Å². The number of rotatable bonds is 4. The van der Waals surface area contributed by atoms with Crippen LogP contribution >= 0.6 is 24.8 Å². The second kappa shape index (κ2) is 10.4. The van der Waals surface area contributed by atoms with Gasteiger partial charge in [-0.25, -0.2) is 0 Å². The molecule has 0 unspecified atom stereocenters. The highest BCUT2D eigenvalue weighted by Crippen LogP contribution is 2.28. The number of halogens is 2. The van der Waals surface area contributed by atoms with Crippen LogP contribution in [-0.2, 0) is 11.3 Å². The van der Waals surface area contributed by atoms with Gasteiger partial charge in [-0.2, -0.15) is 0 Å². The van der Waals surface area contributed by atoms with Gasteiger partial charge >= 0.3 is 0 Å². The summed E-state index contributed by atoms with van der Waals surface area (Å²) < 4.78 is 5.43. The van der Waals surface area contributed by atoms with Gasteiger partial charge in [-0.05, 0) is 18.9 Å². The van der Waals surface area contributed by atoms with Crippen molar-refractivity contribution in [3.63, 3.8) is 0 Å². The van der Waals surface area contributed by atoms with E-state index in [9.17, 15) is 4.79 Å². The molecule has 1 aliphatic heterocycles. The minimum atomic E-state index is -0.608. The minimum absolute atomic E-state index is 0. The molecule has 2 aliphatic rings. The van der Waals surface area contributed by atoms with Gasteiger partial charge in [-0.15, -0.1) is 24.8 Å². The van der Waals surface area contributed by atoms with Crippen LogP contribution in [-0.4, -0.2) is 54.5 Å². The van der Waals surface area contributed by atoms with Gasteiger partial charge in [0.05, 0.1) is 12.6 Å². The Balaban J connectivity index is 0.00000169. The maximum absolute atomic E-state index is 12.8. The summed E-state index contributed by atoms with van der Waals surface area (Å²) in [4.78, 5) is 17.2. The number of ether oxygens (including phenoxy) is 1. The third-order valence-corrected chi connectivity index (χ3v) is 5.42. The predicted molar refractivity (Wildman–Crippen MR) is 109 cm³/mol. The van der Waals surface area contributed by atoms with Gasteiger partial charge in [0.25, 0.3) is 0 Å². The Hall–Kier alpha value is -1.01. The van der Waals surface area contributed by atoms with Crippen LogP contribution in [0.4, 0.5) is 0 Å². The molecule has 1 heterocycles. The molecule has 0 aromatic heterocycles. The van der Waals surface area contributed by atoms with E-state index in [2.05, 4.69) is 11.0 Å². The highest BCUT2D eigenvalue weighted by atomic mass is 35.5. The van der Waals surface area contributed by atoms with Crippen molar-refractivity contribution in [3.05, 3.63) is 29.8 Å². The number of benzene rings is 1. The quantitative estimate of drug-likeness (QED) is 0.839. The first-order valence-corrected chi connectivity index (χ1v) is 9.05. The van der Waals surface area contributed by atoms with Crippen LogP contribution in [0.1, 0.15) is 37.7 Å². The molecule has 3 rings (SSSR count). The number of carbonyl (C=O) groups excluding carboxylic acids is 1. The summed E-state index contributed by atoms with van der Waals surface area (Å²) in [6.45, 7) is 4.18. The zero-order valence-corrected chi connectivity index (χ0v) is 17.1. The average Bonchev–Trinajstić information content (AvgIpc) is 2.63. The first kappa shape index (κ1) is 23.0. The highest BCUT2D eigenvalue weighted by molar-refractivity contribution is 5.86. The Morgan fingerprint density at radius 1 is 1.08 bits per heavy atom. The molecule has 0 spiro atoms. The van der Waals surface area contributed by atoms with Crippen molar-refractivity contribution in [1.82, 2.24) is 9.80 Å². The van der Waals surface area contributed by atoms with Crippen LogP contribution in [0.3, 0.4) is 0 Å². The van der Waals surface area contributed by atoms with Crippen molar-refractivity contribution >= 4 is 30.7 Å².